The van der Waals surface area contributed by atoms with Crippen LogP contribution >= 0.6 is 0 Å². The lowest BCUT2D eigenvalue weighted by Gasteiger charge is -2.08. The summed E-state index contributed by atoms with van der Waals surface area (Å²) in [7, 11) is 0. The summed E-state index contributed by atoms with van der Waals surface area (Å²) in [6, 6.07) is 8.19. The molecule has 0 aliphatic carbocycles. The Morgan fingerprint density at radius 3 is 2.33 bits per heavy atom. The molecule has 0 aliphatic rings. The molecule has 1 aromatic carbocycles. The summed E-state index contributed by atoms with van der Waals surface area (Å²) < 4.78 is 28.6. The van der Waals surface area contributed by atoms with Gasteiger partial charge in [0.25, 0.3) is 0 Å². The van der Waals surface area contributed by atoms with E-state index in [1.807, 2.05) is 0 Å². The summed E-state index contributed by atoms with van der Waals surface area (Å²) in [6.45, 7) is 0. The van der Waals surface area contributed by atoms with Crippen LogP contribution in [-0.2, 0) is 0 Å². The molecule has 0 atom stereocenters. The molecule has 0 aliphatic heterocycles. The minimum Gasteiger partial charge on any atom is -0.421 e. The first kappa shape index (κ1) is 8.47. The number of hydrogen-bond donors (Lipinski definition) is 0. The topological polar surface area (TPSA) is 33.0 Å². The van der Waals surface area contributed by atoms with E-state index < -0.39 is 6.11 Å². The fourth-order valence-electron chi connectivity index (χ4n) is 0.659. The van der Waals surface area contributed by atoms with Gasteiger partial charge >= 0.3 is 6.11 Å². The van der Waals surface area contributed by atoms with Crippen LogP contribution in [0.15, 0.2) is 30.3 Å². The number of halogens is 2. The summed E-state index contributed by atoms with van der Waals surface area (Å²) >= 11 is 0. The third-order valence-corrected chi connectivity index (χ3v) is 1.12. The van der Waals surface area contributed by atoms with Gasteiger partial charge < -0.3 is 4.74 Å². The molecule has 0 fully saturated rings. The smallest absolute Gasteiger partial charge is 0.421 e. The summed E-state index contributed by atoms with van der Waals surface area (Å²) in [5.41, 5.74) is 0. The van der Waals surface area contributed by atoms with E-state index in [1.165, 1.54) is 12.1 Å². The molecule has 1 rings (SSSR count). The largest absolute Gasteiger partial charge is 0.494 e. The molecule has 0 saturated heterocycles. The van der Waals surface area contributed by atoms with Gasteiger partial charge in [-0.05, 0) is 12.1 Å². The maximum Gasteiger partial charge on any atom is 0.494 e. The summed E-state index contributed by atoms with van der Waals surface area (Å²) in [5.74, 6) is -0.0240. The lowest BCUT2D eigenvalue weighted by Crippen LogP contribution is -2.21. The zero-order valence-corrected chi connectivity index (χ0v) is 6.00. The molecular formula is C8H5F2NO. The lowest BCUT2D eigenvalue weighted by molar-refractivity contribution is -0.124. The minimum absolute atomic E-state index is 0.0240. The molecule has 0 amide bonds. The molecule has 0 saturated carbocycles. The summed E-state index contributed by atoms with van der Waals surface area (Å²) in [6.07, 6.45) is -3.75. The number of nitrogens with zero attached hydrogens (tertiary/aromatic N) is 1. The van der Waals surface area contributed by atoms with Gasteiger partial charge in [0, 0.05) is 0 Å². The third kappa shape index (κ3) is 2.20. The minimum atomic E-state index is -3.75. The second-order valence-electron chi connectivity index (χ2n) is 2.04. The Morgan fingerprint density at radius 1 is 1.25 bits per heavy atom. The molecule has 4 heteroatoms. The van der Waals surface area contributed by atoms with E-state index in [1.54, 1.807) is 18.2 Å². The van der Waals surface area contributed by atoms with Crippen LogP contribution in [0.4, 0.5) is 8.78 Å². The SMILES string of the molecule is N#CC(F)(F)Oc1ccccc1. The van der Waals surface area contributed by atoms with Crippen molar-refractivity contribution < 1.29 is 13.5 Å². The maximum atomic E-state index is 12.3. The molecule has 0 spiro atoms. The highest BCUT2D eigenvalue weighted by Crippen LogP contribution is 2.19. The normalized spacial score (nSPS) is 10.4. The second kappa shape index (κ2) is 3.18. The summed E-state index contributed by atoms with van der Waals surface area (Å²) in [5, 5.41) is 7.93. The van der Waals surface area contributed by atoms with E-state index in [4.69, 9.17) is 5.26 Å². The van der Waals surface area contributed by atoms with Crippen molar-refractivity contribution in [1.82, 2.24) is 0 Å². The lowest BCUT2D eigenvalue weighted by atomic mass is 10.3. The van der Waals surface area contributed by atoms with Crippen LogP contribution in [-0.4, -0.2) is 6.11 Å². The van der Waals surface area contributed by atoms with Crippen molar-refractivity contribution in [2.45, 2.75) is 6.11 Å². The Balaban J connectivity index is 2.72. The van der Waals surface area contributed by atoms with Crippen LogP contribution in [0.3, 0.4) is 0 Å². The number of nitriles is 1. The predicted octanol–water partition coefficient (Wildman–Crippen LogP) is 2.18. The van der Waals surface area contributed by atoms with Gasteiger partial charge in [-0.15, -0.1) is 8.78 Å². The number of rotatable bonds is 2. The van der Waals surface area contributed by atoms with Crippen molar-refractivity contribution >= 4 is 0 Å². The molecule has 2 nitrogen and oxygen atoms in total. The average Bonchev–Trinajstić information content (AvgIpc) is 2.06. The first-order valence-electron chi connectivity index (χ1n) is 3.17. The Hall–Kier alpha value is -1.63. The predicted molar refractivity (Wildman–Crippen MR) is 37.6 cm³/mol. The van der Waals surface area contributed by atoms with Crippen LogP contribution < -0.4 is 4.74 Å². The Labute approximate surface area is 68.0 Å². The monoisotopic (exact) mass is 169 g/mol. The van der Waals surface area contributed by atoms with E-state index in [0.717, 1.165) is 6.07 Å². The highest BCUT2D eigenvalue weighted by Gasteiger charge is 2.31. The van der Waals surface area contributed by atoms with Crippen molar-refractivity contribution in [3.05, 3.63) is 30.3 Å². The van der Waals surface area contributed by atoms with Gasteiger partial charge in [0.05, 0.1) is 0 Å². The molecular weight excluding hydrogens is 164 g/mol. The highest BCUT2D eigenvalue weighted by atomic mass is 19.3. The first-order chi connectivity index (χ1) is 5.64. The van der Waals surface area contributed by atoms with Crippen molar-refractivity contribution in [3.8, 4) is 11.8 Å². The van der Waals surface area contributed by atoms with Gasteiger partial charge in [0.2, 0.25) is 0 Å². The van der Waals surface area contributed by atoms with E-state index in [9.17, 15) is 8.78 Å². The van der Waals surface area contributed by atoms with Crippen LogP contribution in [0.5, 0.6) is 5.75 Å². The zero-order valence-electron chi connectivity index (χ0n) is 6.00. The number of benzene rings is 1. The van der Waals surface area contributed by atoms with Crippen molar-refractivity contribution in [2.24, 2.45) is 0 Å². The van der Waals surface area contributed by atoms with Crippen molar-refractivity contribution in [2.75, 3.05) is 0 Å². The Kier molecular flexibility index (Phi) is 2.24. The molecule has 1 aromatic rings. The van der Waals surface area contributed by atoms with Gasteiger partial charge in [-0.25, -0.2) is 0 Å². The van der Waals surface area contributed by atoms with E-state index in [0.29, 0.717) is 0 Å². The van der Waals surface area contributed by atoms with Crippen LogP contribution in [0, 0.1) is 11.3 Å². The molecule has 12 heavy (non-hydrogen) atoms. The Bertz CT molecular complexity index is 292. The van der Waals surface area contributed by atoms with Gasteiger partial charge in [0.1, 0.15) is 5.75 Å². The highest BCUT2D eigenvalue weighted by molar-refractivity contribution is 5.22. The molecule has 0 aromatic heterocycles. The van der Waals surface area contributed by atoms with Gasteiger partial charge in [-0.2, -0.15) is 5.26 Å². The van der Waals surface area contributed by atoms with E-state index >= 15 is 0 Å². The molecule has 0 N–H and O–H groups in total. The zero-order chi connectivity index (χ0) is 9.03. The van der Waals surface area contributed by atoms with Crippen LogP contribution in [0.25, 0.3) is 0 Å². The summed E-state index contributed by atoms with van der Waals surface area (Å²) in [4.78, 5) is 0. The number of hydrogen-bond acceptors (Lipinski definition) is 2. The second-order valence-corrected chi connectivity index (χ2v) is 2.04. The number of para-hydroxylation sites is 1. The van der Waals surface area contributed by atoms with E-state index in [-0.39, 0.29) is 5.75 Å². The van der Waals surface area contributed by atoms with E-state index in [2.05, 4.69) is 4.74 Å². The van der Waals surface area contributed by atoms with Crippen molar-refractivity contribution in [3.63, 3.8) is 0 Å². The van der Waals surface area contributed by atoms with Crippen LogP contribution in [0.2, 0.25) is 0 Å². The molecule has 0 heterocycles. The fraction of sp³-hybridized carbons (Fsp3) is 0.125. The van der Waals surface area contributed by atoms with Gasteiger partial charge in [-0.1, -0.05) is 18.2 Å². The molecule has 62 valence electrons. The molecule has 0 unspecified atom stereocenters. The maximum absolute atomic E-state index is 12.3. The standard InChI is InChI=1S/C8H5F2NO/c9-8(10,6-11)12-7-4-2-1-3-5-7/h1-5H. The van der Waals surface area contributed by atoms with Gasteiger partial charge in [-0.3, -0.25) is 0 Å². The molecule has 0 radical (unpaired) electrons. The fourth-order valence-corrected chi connectivity index (χ4v) is 0.659. The van der Waals surface area contributed by atoms with Crippen molar-refractivity contribution in [1.29, 1.82) is 5.26 Å². The molecule has 0 bridgehead atoms. The third-order valence-electron chi connectivity index (χ3n) is 1.12. The number of ether oxygens (including phenoxy) is 1. The Morgan fingerprint density at radius 2 is 1.83 bits per heavy atom. The first-order valence-corrected chi connectivity index (χ1v) is 3.17. The van der Waals surface area contributed by atoms with Gasteiger partial charge in [0.15, 0.2) is 6.07 Å². The average molecular weight is 169 g/mol. The number of alkyl halides is 2. The van der Waals surface area contributed by atoms with Crippen LogP contribution in [0.1, 0.15) is 0 Å². The quantitative estimate of drug-likeness (QED) is 0.679.